The molecule has 6 heteroatoms. The van der Waals surface area contributed by atoms with Crippen LogP contribution in [0.15, 0.2) is 55.1 Å². The summed E-state index contributed by atoms with van der Waals surface area (Å²) in [6.45, 7) is 8.80. The Kier molecular flexibility index (Phi) is 6.46. The molecule has 0 aliphatic carbocycles. The Morgan fingerprint density at radius 3 is 2.57 bits per heavy atom. The van der Waals surface area contributed by atoms with Gasteiger partial charge in [-0.1, -0.05) is 25.1 Å². The highest BCUT2D eigenvalue weighted by atomic mass is 16.5. The Hall–Kier alpha value is -2.86. The molecule has 1 heterocycles. The molecule has 0 unspecified atom stereocenters. The van der Waals surface area contributed by atoms with Crippen molar-refractivity contribution in [3.05, 3.63) is 60.7 Å². The first-order valence-electron chi connectivity index (χ1n) is 10.3. The third-order valence-electron chi connectivity index (χ3n) is 5.85. The number of likely N-dealkylation sites (N-methyl/N-ethyl adjacent to an activating group) is 1. The summed E-state index contributed by atoms with van der Waals surface area (Å²) in [7, 11) is 2.14. The molecule has 0 amide bonds. The molecule has 0 saturated carbocycles. The molecule has 160 valence electrons. The zero-order valence-corrected chi connectivity index (χ0v) is 18.4. The fraction of sp³-hybridized carbons (Fsp3) is 0.417. The number of carboxylic acid groups (broad SMARTS) is 1. The quantitative estimate of drug-likeness (QED) is 0.565. The van der Waals surface area contributed by atoms with Crippen molar-refractivity contribution in [2.24, 2.45) is 5.41 Å². The maximum atomic E-state index is 11.3. The third kappa shape index (κ3) is 4.65. The highest BCUT2D eigenvalue weighted by molar-refractivity contribution is 5.84. The van der Waals surface area contributed by atoms with Crippen LogP contribution in [0.1, 0.15) is 39.3 Å². The topological polar surface area (TPSA) is 67.6 Å². The van der Waals surface area contributed by atoms with Crippen molar-refractivity contribution in [3.63, 3.8) is 0 Å². The predicted molar refractivity (Wildman–Crippen MR) is 119 cm³/mol. The van der Waals surface area contributed by atoms with Crippen LogP contribution in [-0.2, 0) is 4.79 Å². The Balaban J connectivity index is 1.89. The lowest BCUT2D eigenvalue weighted by atomic mass is 9.95. The van der Waals surface area contributed by atoms with Crippen molar-refractivity contribution in [2.75, 3.05) is 20.2 Å². The van der Waals surface area contributed by atoms with E-state index >= 15 is 0 Å². The van der Waals surface area contributed by atoms with Crippen LogP contribution in [0, 0.1) is 5.41 Å². The van der Waals surface area contributed by atoms with Crippen LogP contribution >= 0.6 is 0 Å². The van der Waals surface area contributed by atoms with E-state index in [2.05, 4.69) is 53.5 Å². The van der Waals surface area contributed by atoms with Gasteiger partial charge in [0.15, 0.2) is 0 Å². The highest BCUT2D eigenvalue weighted by Gasteiger charge is 2.28. The molecule has 1 aromatic heterocycles. The van der Waals surface area contributed by atoms with Gasteiger partial charge in [-0.15, -0.1) is 0 Å². The molecule has 0 spiro atoms. The second-order valence-electron chi connectivity index (χ2n) is 8.51. The van der Waals surface area contributed by atoms with Crippen molar-refractivity contribution in [1.29, 1.82) is 0 Å². The standard InChI is InChI=1S/C24H31N3O3/c1-6-26(5)17(2)22(27-12-11-25-16-27)20-8-7-19-14-21(10-9-18(19)13-20)30-15-24(3,4)23(28)29/h7-14,16-17,22H,6,15H2,1-5H3,(H,28,29)/t17-,22+/m1/s1. The lowest BCUT2D eigenvalue weighted by Crippen LogP contribution is -2.37. The van der Waals surface area contributed by atoms with Gasteiger partial charge in [0.25, 0.3) is 0 Å². The van der Waals surface area contributed by atoms with E-state index in [0.29, 0.717) is 11.8 Å². The Labute approximate surface area is 178 Å². The Morgan fingerprint density at radius 1 is 1.23 bits per heavy atom. The number of nitrogens with zero attached hydrogens (tertiary/aromatic N) is 3. The molecule has 0 aliphatic rings. The molecule has 30 heavy (non-hydrogen) atoms. The lowest BCUT2D eigenvalue weighted by Gasteiger charge is -2.32. The van der Waals surface area contributed by atoms with Gasteiger partial charge in [0.2, 0.25) is 0 Å². The summed E-state index contributed by atoms with van der Waals surface area (Å²) in [5.74, 6) is -0.195. The van der Waals surface area contributed by atoms with E-state index in [4.69, 9.17) is 4.74 Å². The number of hydrogen-bond acceptors (Lipinski definition) is 4. The lowest BCUT2D eigenvalue weighted by molar-refractivity contribution is -0.148. The van der Waals surface area contributed by atoms with E-state index in [1.165, 1.54) is 5.56 Å². The minimum absolute atomic E-state index is 0.121. The maximum Gasteiger partial charge on any atom is 0.312 e. The molecule has 2 aromatic carbocycles. The second kappa shape index (κ2) is 8.88. The van der Waals surface area contributed by atoms with Crippen molar-refractivity contribution < 1.29 is 14.6 Å². The molecule has 0 saturated heterocycles. The number of carboxylic acids is 1. The molecular formula is C24H31N3O3. The number of carbonyl (C=O) groups is 1. The van der Waals surface area contributed by atoms with Gasteiger partial charge < -0.3 is 19.3 Å². The predicted octanol–water partition coefficient (Wildman–Crippen LogP) is 4.46. The zero-order chi connectivity index (χ0) is 21.9. The molecule has 6 nitrogen and oxygen atoms in total. The maximum absolute atomic E-state index is 11.3. The van der Waals surface area contributed by atoms with E-state index in [1.807, 2.05) is 36.9 Å². The summed E-state index contributed by atoms with van der Waals surface area (Å²) < 4.78 is 7.92. The van der Waals surface area contributed by atoms with Crippen molar-refractivity contribution in [1.82, 2.24) is 14.5 Å². The van der Waals surface area contributed by atoms with Crippen molar-refractivity contribution >= 4 is 16.7 Å². The van der Waals surface area contributed by atoms with Gasteiger partial charge >= 0.3 is 5.97 Å². The fourth-order valence-corrected chi connectivity index (χ4v) is 3.50. The highest BCUT2D eigenvalue weighted by Crippen LogP contribution is 2.30. The SMILES string of the molecule is CCN(C)[C@H](C)[C@@H](c1ccc2cc(OCC(C)(C)C(=O)O)ccc2c1)n1ccnc1. The van der Waals surface area contributed by atoms with Gasteiger partial charge in [0.05, 0.1) is 17.8 Å². The fourth-order valence-electron chi connectivity index (χ4n) is 3.50. The van der Waals surface area contributed by atoms with Crippen LogP contribution in [0.3, 0.4) is 0 Å². The minimum Gasteiger partial charge on any atom is -0.492 e. The molecule has 1 N–H and O–H groups in total. The third-order valence-corrected chi connectivity index (χ3v) is 5.85. The second-order valence-corrected chi connectivity index (χ2v) is 8.51. The summed E-state index contributed by atoms with van der Waals surface area (Å²) in [6, 6.07) is 12.8. The van der Waals surface area contributed by atoms with Gasteiger partial charge in [0.1, 0.15) is 12.4 Å². The first kappa shape index (κ1) is 21.8. The number of rotatable bonds is 9. The molecule has 3 aromatic rings. The van der Waals surface area contributed by atoms with Gasteiger partial charge in [-0.25, -0.2) is 4.98 Å². The van der Waals surface area contributed by atoms with E-state index < -0.39 is 11.4 Å². The van der Waals surface area contributed by atoms with Crippen LogP contribution in [0.25, 0.3) is 10.8 Å². The average Bonchev–Trinajstić information content (AvgIpc) is 3.25. The number of aliphatic carboxylic acids is 1. The minimum atomic E-state index is -0.932. The first-order chi connectivity index (χ1) is 14.2. The zero-order valence-electron chi connectivity index (χ0n) is 18.4. The average molecular weight is 410 g/mol. The Bertz CT molecular complexity index is 998. The summed E-state index contributed by atoms with van der Waals surface area (Å²) in [6.07, 6.45) is 5.70. The molecule has 0 bridgehead atoms. The smallest absolute Gasteiger partial charge is 0.312 e. The summed E-state index contributed by atoms with van der Waals surface area (Å²) in [4.78, 5) is 17.9. The largest absolute Gasteiger partial charge is 0.492 e. The molecule has 0 fully saturated rings. The number of imidazole rings is 1. The van der Waals surface area contributed by atoms with Crippen LogP contribution < -0.4 is 4.74 Å². The molecule has 3 rings (SSSR count). The molecular weight excluding hydrogens is 378 g/mol. The van der Waals surface area contributed by atoms with Crippen LogP contribution in [-0.4, -0.2) is 51.8 Å². The van der Waals surface area contributed by atoms with E-state index in [9.17, 15) is 9.90 Å². The van der Waals surface area contributed by atoms with Gasteiger partial charge in [-0.05, 0) is 68.9 Å². The summed E-state index contributed by atoms with van der Waals surface area (Å²) in [5.41, 5.74) is 0.284. The van der Waals surface area contributed by atoms with Crippen molar-refractivity contribution in [2.45, 2.75) is 39.8 Å². The number of fused-ring (bicyclic) bond motifs is 1. The van der Waals surface area contributed by atoms with E-state index in [1.54, 1.807) is 13.8 Å². The Morgan fingerprint density at radius 2 is 1.93 bits per heavy atom. The molecule has 2 atom stereocenters. The molecule has 0 aliphatic heterocycles. The van der Waals surface area contributed by atoms with E-state index in [0.717, 1.165) is 17.3 Å². The van der Waals surface area contributed by atoms with E-state index in [-0.39, 0.29) is 12.6 Å². The number of aromatic nitrogens is 2. The van der Waals surface area contributed by atoms with Gasteiger partial charge in [-0.2, -0.15) is 0 Å². The summed E-state index contributed by atoms with van der Waals surface area (Å²) in [5, 5.41) is 11.4. The monoisotopic (exact) mass is 409 g/mol. The summed E-state index contributed by atoms with van der Waals surface area (Å²) >= 11 is 0. The van der Waals surface area contributed by atoms with Crippen molar-refractivity contribution in [3.8, 4) is 5.75 Å². The number of ether oxygens (including phenoxy) is 1. The first-order valence-corrected chi connectivity index (χ1v) is 10.3. The van der Waals surface area contributed by atoms with Crippen LogP contribution in [0.4, 0.5) is 0 Å². The van der Waals surface area contributed by atoms with Crippen LogP contribution in [0.2, 0.25) is 0 Å². The van der Waals surface area contributed by atoms with Gasteiger partial charge in [-0.3, -0.25) is 4.79 Å². The van der Waals surface area contributed by atoms with Crippen LogP contribution in [0.5, 0.6) is 5.75 Å². The van der Waals surface area contributed by atoms with Gasteiger partial charge in [0, 0.05) is 18.4 Å². The normalized spacial score (nSPS) is 14.1. The molecule has 0 radical (unpaired) electrons. The number of hydrogen-bond donors (Lipinski definition) is 1. The number of benzene rings is 2.